The highest BCUT2D eigenvalue weighted by Gasteiger charge is 2.03. The highest BCUT2D eigenvalue weighted by Crippen LogP contribution is 2.17. The Morgan fingerprint density at radius 3 is 1.83 bits per heavy atom. The Morgan fingerprint density at radius 1 is 0.708 bits per heavy atom. The van der Waals surface area contributed by atoms with Gasteiger partial charge in [0.15, 0.2) is 0 Å². The van der Waals surface area contributed by atoms with Crippen LogP contribution >= 0.6 is 12.4 Å². The Morgan fingerprint density at radius 2 is 1.25 bits per heavy atom. The predicted molar refractivity (Wildman–Crippen MR) is 111 cm³/mol. The molecule has 2 heteroatoms. The van der Waals surface area contributed by atoms with Crippen LogP contribution in [0.4, 0.5) is 0 Å². The first-order valence-electron chi connectivity index (χ1n) is 9.93. The topological polar surface area (TPSA) is 12.0 Å². The Hall–Kier alpha value is -0.530. The largest absolute Gasteiger partial charge is 0.313 e. The molecule has 0 spiro atoms. The molecule has 0 bridgehead atoms. The summed E-state index contributed by atoms with van der Waals surface area (Å²) in [5, 5.41) is 3.61. The Balaban J connectivity index is 0.00000529. The highest BCUT2D eigenvalue weighted by atomic mass is 35.5. The van der Waals surface area contributed by atoms with E-state index in [-0.39, 0.29) is 12.4 Å². The lowest BCUT2D eigenvalue weighted by Gasteiger charge is -2.12. The Kier molecular flexibility index (Phi) is 14.5. The summed E-state index contributed by atoms with van der Waals surface area (Å²) in [5.74, 6) is 0. The van der Waals surface area contributed by atoms with Crippen molar-refractivity contribution >= 4 is 12.4 Å². The van der Waals surface area contributed by atoms with Crippen molar-refractivity contribution in [3.63, 3.8) is 0 Å². The molecule has 0 aliphatic carbocycles. The lowest BCUT2D eigenvalue weighted by Crippen LogP contribution is -2.15. The van der Waals surface area contributed by atoms with E-state index >= 15 is 0 Å². The Labute approximate surface area is 157 Å². The molecule has 0 fully saturated rings. The van der Waals surface area contributed by atoms with Crippen LogP contribution in [0.5, 0.6) is 0 Å². The van der Waals surface area contributed by atoms with Gasteiger partial charge in [-0.1, -0.05) is 76.8 Å². The van der Waals surface area contributed by atoms with Crippen LogP contribution in [0, 0.1) is 20.8 Å². The molecule has 1 aromatic rings. The minimum absolute atomic E-state index is 0. The SMILES string of the molecule is CCCCCCCCCCCCNCc1ccc(C)c(C)c1C.Cl. The van der Waals surface area contributed by atoms with Gasteiger partial charge in [-0.2, -0.15) is 0 Å². The van der Waals surface area contributed by atoms with Gasteiger partial charge in [0.05, 0.1) is 0 Å². The number of aryl methyl sites for hydroxylation is 1. The van der Waals surface area contributed by atoms with Crippen LogP contribution in [0.3, 0.4) is 0 Å². The molecule has 0 aliphatic heterocycles. The lowest BCUT2D eigenvalue weighted by molar-refractivity contribution is 0.543. The van der Waals surface area contributed by atoms with Crippen LogP contribution in [0.2, 0.25) is 0 Å². The molecular weight excluding hydrogens is 314 g/mol. The number of unbranched alkanes of at least 4 members (excludes halogenated alkanes) is 9. The third kappa shape index (κ3) is 9.69. The van der Waals surface area contributed by atoms with Crippen molar-refractivity contribution in [2.24, 2.45) is 0 Å². The van der Waals surface area contributed by atoms with Crippen LogP contribution in [-0.2, 0) is 6.54 Å². The predicted octanol–water partition coefficient (Wildman–Crippen LogP) is 7.04. The van der Waals surface area contributed by atoms with Gasteiger partial charge in [0.1, 0.15) is 0 Å². The van der Waals surface area contributed by atoms with Crippen LogP contribution < -0.4 is 5.32 Å². The van der Waals surface area contributed by atoms with E-state index in [1.807, 2.05) is 0 Å². The van der Waals surface area contributed by atoms with E-state index in [4.69, 9.17) is 0 Å². The first-order valence-corrected chi connectivity index (χ1v) is 9.93. The number of nitrogens with one attached hydrogen (secondary N) is 1. The number of rotatable bonds is 13. The molecule has 0 saturated heterocycles. The van der Waals surface area contributed by atoms with Crippen molar-refractivity contribution in [3.8, 4) is 0 Å². The fourth-order valence-corrected chi connectivity index (χ4v) is 3.16. The third-order valence-electron chi connectivity index (χ3n) is 5.19. The first-order chi connectivity index (χ1) is 11.2. The van der Waals surface area contributed by atoms with E-state index in [1.54, 1.807) is 0 Å². The molecule has 0 amide bonds. The van der Waals surface area contributed by atoms with E-state index in [0.29, 0.717) is 0 Å². The third-order valence-corrected chi connectivity index (χ3v) is 5.19. The second kappa shape index (κ2) is 14.8. The maximum Gasteiger partial charge on any atom is 0.0208 e. The fraction of sp³-hybridized carbons (Fsp3) is 0.727. The zero-order valence-corrected chi connectivity index (χ0v) is 17.4. The van der Waals surface area contributed by atoms with Gasteiger partial charge in [0.2, 0.25) is 0 Å². The van der Waals surface area contributed by atoms with Gasteiger partial charge in [-0.15, -0.1) is 12.4 Å². The summed E-state index contributed by atoms with van der Waals surface area (Å²) >= 11 is 0. The highest BCUT2D eigenvalue weighted by molar-refractivity contribution is 5.85. The molecule has 24 heavy (non-hydrogen) atoms. The Bertz CT molecular complexity index is 428. The summed E-state index contributed by atoms with van der Waals surface area (Å²) in [7, 11) is 0. The van der Waals surface area contributed by atoms with Crippen LogP contribution in [0.25, 0.3) is 0 Å². The van der Waals surface area contributed by atoms with Crippen molar-refractivity contribution in [2.75, 3.05) is 6.54 Å². The molecule has 0 aliphatic rings. The monoisotopic (exact) mass is 353 g/mol. The van der Waals surface area contributed by atoms with Crippen molar-refractivity contribution in [1.29, 1.82) is 0 Å². The van der Waals surface area contributed by atoms with Gasteiger partial charge in [-0.25, -0.2) is 0 Å². The van der Waals surface area contributed by atoms with Crippen LogP contribution in [0.1, 0.15) is 93.4 Å². The van der Waals surface area contributed by atoms with Gasteiger partial charge in [0.25, 0.3) is 0 Å². The van der Waals surface area contributed by atoms with E-state index in [0.717, 1.165) is 13.1 Å². The summed E-state index contributed by atoms with van der Waals surface area (Å²) in [6.45, 7) is 11.1. The number of benzene rings is 1. The quantitative estimate of drug-likeness (QED) is 0.375. The maximum absolute atomic E-state index is 3.61. The summed E-state index contributed by atoms with van der Waals surface area (Å²) in [6, 6.07) is 4.53. The van der Waals surface area contributed by atoms with Crippen LogP contribution in [-0.4, -0.2) is 6.54 Å². The summed E-state index contributed by atoms with van der Waals surface area (Å²) in [4.78, 5) is 0. The van der Waals surface area contributed by atoms with Gasteiger partial charge in [0, 0.05) is 6.54 Å². The fourth-order valence-electron chi connectivity index (χ4n) is 3.16. The van der Waals surface area contributed by atoms with Crippen molar-refractivity contribution in [2.45, 2.75) is 98.4 Å². The molecule has 1 aromatic carbocycles. The van der Waals surface area contributed by atoms with E-state index in [2.05, 4.69) is 45.1 Å². The van der Waals surface area contributed by atoms with Crippen LogP contribution in [0.15, 0.2) is 12.1 Å². The molecule has 140 valence electrons. The second-order valence-corrected chi connectivity index (χ2v) is 7.15. The summed E-state index contributed by atoms with van der Waals surface area (Å²) in [6.07, 6.45) is 14.1. The van der Waals surface area contributed by atoms with E-state index < -0.39 is 0 Å². The van der Waals surface area contributed by atoms with Crippen molar-refractivity contribution < 1.29 is 0 Å². The second-order valence-electron chi connectivity index (χ2n) is 7.15. The smallest absolute Gasteiger partial charge is 0.0208 e. The number of hydrogen-bond acceptors (Lipinski definition) is 1. The molecule has 0 radical (unpaired) electrons. The molecular formula is C22H40ClN. The number of halogens is 1. The first kappa shape index (κ1) is 23.5. The molecule has 1 rings (SSSR count). The van der Waals surface area contributed by atoms with Gasteiger partial charge >= 0.3 is 0 Å². The molecule has 0 unspecified atom stereocenters. The zero-order chi connectivity index (χ0) is 16.9. The molecule has 0 atom stereocenters. The van der Waals surface area contributed by atoms with Gasteiger partial charge in [-0.3, -0.25) is 0 Å². The molecule has 0 saturated carbocycles. The normalized spacial score (nSPS) is 10.7. The average molecular weight is 354 g/mol. The number of hydrogen-bond donors (Lipinski definition) is 1. The lowest BCUT2D eigenvalue weighted by atomic mass is 9.99. The van der Waals surface area contributed by atoms with Gasteiger partial charge < -0.3 is 5.32 Å². The van der Waals surface area contributed by atoms with E-state index in [9.17, 15) is 0 Å². The molecule has 0 aromatic heterocycles. The minimum atomic E-state index is 0. The van der Waals surface area contributed by atoms with Crippen molar-refractivity contribution in [1.82, 2.24) is 5.32 Å². The summed E-state index contributed by atoms with van der Waals surface area (Å²) < 4.78 is 0. The molecule has 1 nitrogen and oxygen atoms in total. The van der Waals surface area contributed by atoms with E-state index in [1.165, 1.54) is 86.5 Å². The van der Waals surface area contributed by atoms with Gasteiger partial charge in [-0.05, 0) is 56.0 Å². The minimum Gasteiger partial charge on any atom is -0.313 e. The summed E-state index contributed by atoms with van der Waals surface area (Å²) in [5.41, 5.74) is 5.77. The standard InChI is InChI=1S/C22H39N.ClH/c1-5-6-7-8-9-10-11-12-13-14-17-23-18-22-16-15-19(2)20(3)21(22)4;/h15-16,23H,5-14,17-18H2,1-4H3;1H. The van der Waals surface area contributed by atoms with Crippen molar-refractivity contribution in [3.05, 3.63) is 34.4 Å². The average Bonchev–Trinajstić information content (AvgIpc) is 2.55. The molecule has 1 N–H and O–H groups in total. The molecule has 0 heterocycles. The zero-order valence-electron chi connectivity index (χ0n) is 16.5. The maximum atomic E-state index is 3.61.